The maximum Gasteiger partial charge on any atom is 0.253 e. The third-order valence-corrected chi connectivity index (χ3v) is 5.78. The number of amides is 2. The van der Waals surface area contributed by atoms with Crippen molar-refractivity contribution in [2.75, 3.05) is 32.9 Å². The minimum atomic E-state index is -0.399. The van der Waals surface area contributed by atoms with E-state index in [1.807, 2.05) is 9.47 Å². The molecular formula is C20H24FN5O2. The minimum absolute atomic E-state index is 0.0322. The molecule has 0 N–H and O–H groups in total. The number of nitrogens with zero attached hydrogens (tertiary/aromatic N) is 5. The average molecular weight is 385 g/mol. The predicted molar refractivity (Wildman–Crippen MR) is 100 cm³/mol. The van der Waals surface area contributed by atoms with Crippen LogP contribution in [0, 0.1) is 5.92 Å². The van der Waals surface area contributed by atoms with E-state index in [2.05, 4.69) is 10.2 Å². The lowest BCUT2D eigenvalue weighted by molar-refractivity contribution is -0.141. The van der Waals surface area contributed by atoms with E-state index < -0.39 is 6.67 Å². The second-order valence-corrected chi connectivity index (χ2v) is 7.48. The summed E-state index contributed by atoms with van der Waals surface area (Å²) in [6.45, 7) is 1.82. The second-order valence-electron chi connectivity index (χ2n) is 7.48. The Morgan fingerprint density at radius 1 is 0.964 bits per heavy atom. The van der Waals surface area contributed by atoms with Crippen molar-refractivity contribution in [3.63, 3.8) is 0 Å². The van der Waals surface area contributed by atoms with Crippen LogP contribution in [0.3, 0.4) is 0 Å². The number of hydrogen-bond donors (Lipinski definition) is 0. The number of carbonyl (C=O) groups is 2. The molecule has 2 amide bonds. The first-order valence-corrected chi connectivity index (χ1v) is 9.73. The van der Waals surface area contributed by atoms with E-state index in [4.69, 9.17) is 0 Å². The second kappa shape index (κ2) is 8.08. The number of carbonyl (C=O) groups excluding carboxylic acids is 2. The van der Waals surface area contributed by atoms with Crippen LogP contribution in [0.2, 0.25) is 0 Å². The average Bonchev–Trinajstić information content (AvgIpc) is 3.21. The van der Waals surface area contributed by atoms with Gasteiger partial charge in [-0.25, -0.2) is 0 Å². The Kier molecular flexibility index (Phi) is 5.36. The van der Waals surface area contributed by atoms with Crippen LogP contribution >= 0.6 is 0 Å². The van der Waals surface area contributed by atoms with Crippen molar-refractivity contribution in [3.8, 4) is 0 Å². The maximum absolute atomic E-state index is 12.7. The third-order valence-electron chi connectivity index (χ3n) is 5.78. The van der Waals surface area contributed by atoms with Gasteiger partial charge >= 0.3 is 0 Å². The first kappa shape index (κ1) is 18.6. The summed E-state index contributed by atoms with van der Waals surface area (Å²) in [7, 11) is 0. The molecule has 8 heteroatoms. The number of rotatable bonds is 5. The Balaban J connectivity index is 1.26. The van der Waals surface area contributed by atoms with Crippen LogP contribution in [-0.2, 0) is 11.2 Å². The highest BCUT2D eigenvalue weighted by molar-refractivity contribution is 5.94. The summed E-state index contributed by atoms with van der Waals surface area (Å²) in [6.07, 6.45) is 5.40. The van der Waals surface area contributed by atoms with Crippen molar-refractivity contribution in [1.29, 1.82) is 0 Å². The molecule has 2 fully saturated rings. The lowest BCUT2D eigenvalue weighted by Crippen LogP contribution is -2.53. The number of hydrogen-bond acceptors (Lipinski definition) is 4. The number of benzene rings is 1. The smallest absolute Gasteiger partial charge is 0.253 e. The summed E-state index contributed by atoms with van der Waals surface area (Å²) >= 11 is 0. The van der Waals surface area contributed by atoms with Gasteiger partial charge in [0.1, 0.15) is 12.7 Å². The summed E-state index contributed by atoms with van der Waals surface area (Å²) in [5.74, 6) is 0.208. The van der Waals surface area contributed by atoms with Gasteiger partial charge in [-0.15, -0.1) is 10.2 Å². The highest BCUT2D eigenvalue weighted by Gasteiger charge is 2.38. The molecule has 2 aromatic rings. The number of aryl methyl sites for hydroxylation is 1. The fraction of sp³-hybridized carbons (Fsp3) is 0.500. The van der Waals surface area contributed by atoms with Gasteiger partial charge in [0, 0.05) is 50.1 Å². The molecule has 148 valence electrons. The van der Waals surface area contributed by atoms with Crippen molar-refractivity contribution in [2.24, 2.45) is 5.92 Å². The standard InChI is InChI=1S/C20H24FN5O2/c21-6-5-15-1-3-16(4-2-15)19(27)24-7-9-25(10-8-24)20(28)17-11-18(12-17)26-13-22-23-14-26/h1-4,13-14,17-18H,5-12H2. The highest BCUT2D eigenvalue weighted by atomic mass is 19.1. The fourth-order valence-electron chi connectivity index (χ4n) is 3.92. The van der Waals surface area contributed by atoms with Crippen molar-refractivity contribution in [3.05, 3.63) is 48.0 Å². The molecule has 1 saturated carbocycles. The van der Waals surface area contributed by atoms with E-state index in [-0.39, 0.29) is 17.7 Å². The molecule has 2 heterocycles. The molecule has 28 heavy (non-hydrogen) atoms. The molecule has 0 bridgehead atoms. The normalized spacial score (nSPS) is 22.0. The van der Waals surface area contributed by atoms with Gasteiger partial charge in [0.25, 0.3) is 5.91 Å². The third kappa shape index (κ3) is 3.76. The van der Waals surface area contributed by atoms with E-state index >= 15 is 0 Å². The molecular weight excluding hydrogens is 361 g/mol. The molecule has 1 saturated heterocycles. The Labute approximate surface area is 163 Å². The van der Waals surface area contributed by atoms with Crippen molar-refractivity contribution in [1.82, 2.24) is 24.6 Å². The zero-order valence-corrected chi connectivity index (χ0v) is 15.7. The molecule has 1 aliphatic carbocycles. The molecule has 1 aliphatic heterocycles. The molecule has 1 aromatic carbocycles. The van der Waals surface area contributed by atoms with Crippen LogP contribution in [0.15, 0.2) is 36.9 Å². The van der Waals surface area contributed by atoms with Crippen LogP contribution in [-0.4, -0.2) is 69.2 Å². The highest BCUT2D eigenvalue weighted by Crippen LogP contribution is 2.38. The zero-order chi connectivity index (χ0) is 19.5. The molecule has 0 unspecified atom stereocenters. The first-order chi connectivity index (χ1) is 13.7. The van der Waals surface area contributed by atoms with Crippen LogP contribution in [0.1, 0.15) is 34.8 Å². The maximum atomic E-state index is 12.7. The Bertz CT molecular complexity index is 810. The summed E-state index contributed by atoms with van der Waals surface area (Å²) in [5, 5.41) is 7.62. The minimum Gasteiger partial charge on any atom is -0.339 e. The van der Waals surface area contributed by atoms with E-state index in [1.165, 1.54) is 0 Å². The molecule has 0 atom stereocenters. The van der Waals surface area contributed by atoms with Crippen molar-refractivity contribution >= 4 is 11.8 Å². The molecule has 4 rings (SSSR count). The van der Waals surface area contributed by atoms with Gasteiger partial charge in [-0.2, -0.15) is 0 Å². The molecule has 0 radical (unpaired) electrons. The summed E-state index contributed by atoms with van der Waals surface area (Å²) in [4.78, 5) is 29.0. The fourth-order valence-corrected chi connectivity index (χ4v) is 3.92. The zero-order valence-electron chi connectivity index (χ0n) is 15.7. The molecule has 0 spiro atoms. The lowest BCUT2D eigenvalue weighted by atomic mass is 9.79. The van der Waals surface area contributed by atoms with Gasteiger partial charge in [-0.1, -0.05) is 12.1 Å². The van der Waals surface area contributed by atoms with E-state index in [1.54, 1.807) is 41.8 Å². The van der Waals surface area contributed by atoms with Gasteiger partial charge in [-0.3, -0.25) is 14.0 Å². The SMILES string of the molecule is O=C(c1ccc(CCF)cc1)N1CCN(C(=O)C2CC(n3cnnc3)C2)CC1. The van der Waals surface area contributed by atoms with Gasteiger partial charge in [0.15, 0.2) is 0 Å². The quantitative estimate of drug-likeness (QED) is 0.786. The van der Waals surface area contributed by atoms with Crippen molar-refractivity contribution < 1.29 is 14.0 Å². The summed E-state index contributed by atoms with van der Waals surface area (Å²) in [5.41, 5.74) is 1.50. The largest absolute Gasteiger partial charge is 0.339 e. The Morgan fingerprint density at radius 2 is 1.57 bits per heavy atom. The monoisotopic (exact) mass is 385 g/mol. The molecule has 1 aromatic heterocycles. The number of alkyl halides is 1. The number of piperazine rings is 1. The van der Waals surface area contributed by atoms with E-state index in [0.717, 1.165) is 18.4 Å². The van der Waals surface area contributed by atoms with Gasteiger partial charge < -0.3 is 14.4 Å². The topological polar surface area (TPSA) is 71.3 Å². The van der Waals surface area contributed by atoms with E-state index in [9.17, 15) is 14.0 Å². The molecule has 7 nitrogen and oxygen atoms in total. The van der Waals surface area contributed by atoms with Crippen LogP contribution < -0.4 is 0 Å². The first-order valence-electron chi connectivity index (χ1n) is 9.73. The van der Waals surface area contributed by atoms with E-state index in [0.29, 0.717) is 44.2 Å². The summed E-state index contributed by atoms with van der Waals surface area (Å²) in [6, 6.07) is 7.42. The van der Waals surface area contributed by atoms with Gasteiger partial charge in [-0.05, 0) is 30.5 Å². The van der Waals surface area contributed by atoms with Crippen LogP contribution in [0.25, 0.3) is 0 Å². The summed E-state index contributed by atoms with van der Waals surface area (Å²) < 4.78 is 14.4. The Morgan fingerprint density at radius 3 is 2.18 bits per heavy atom. The number of halogens is 1. The Hall–Kier alpha value is -2.77. The number of aromatic nitrogens is 3. The predicted octanol–water partition coefficient (Wildman–Crippen LogP) is 1.73. The van der Waals surface area contributed by atoms with Gasteiger partial charge in [0.2, 0.25) is 5.91 Å². The lowest BCUT2D eigenvalue weighted by Gasteiger charge is -2.41. The molecule has 2 aliphatic rings. The van der Waals surface area contributed by atoms with Gasteiger partial charge in [0.05, 0.1) is 6.67 Å². The van der Waals surface area contributed by atoms with Crippen LogP contribution in [0.5, 0.6) is 0 Å². The van der Waals surface area contributed by atoms with Crippen molar-refractivity contribution in [2.45, 2.75) is 25.3 Å². The van der Waals surface area contributed by atoms with Crippen LogP contribution in [0.4, 0.5) is 4.39 Å².